The second kappa shape index (κ2) is 3.88. The van der Waals surface area contributed by atoms with Gasteiger partial charge in [0.15, 0.2) is 12.0 Å². The van der Waals surface area contributed by atoms with Crippen LogP contribution in [-0.4, -0.2) is 16.1 Å². The van der Waals surface area contributed by atoms with Crippen LogP contribution in [0.25, 0.3) is 0 Å². The SMILES string of the molecule is C=CCc1c(C=O)c(C(F)(F)F)nn1C. The number of hydrogen-bond acceptors (Lipinski definition) is 2. The van der Waals surface area contributed by atoms with Gasteiger partial charge >= 0.3 is 6.18 Å². The average molecular weight is 218 g/mol. The van der Waals surface area contributed by atoms with Crippen molar-refractivity contribution >= 4 is 6.29 Å². The molecule has 1 rings (SSSR count). The first kappa shape index (κ1) is 11.5. The Bertz CT molecular complexity index is 393. The van der Waals surface area contributed by atoms with Crippen molar-refractivity contribution in [1.82, 2.24) is 9.78 Å². The Morgan fingerprint density at radius 3 is 2.53 bits per heavy atom. The van der Waals surface area contributed by atoms with Gasteiger partial charge in [-0.05, 0) is 0 Å². The van der Waals surface area contributed by atoms with Gasteiger partial charge in [0, 0.05) is 13.5 Å². The molecule has 1 aromatic heterocycles. The molecule has 82 valence electrons. The first-order valence-electron chi connectivity index (χ1n) is 4.11. The fourth-order valence-corrected chi connectivity index (χ4v) is 1.29. The lowest BCUT2D eigenvalue weighted by atomic mass is 10.1. The number of aryl methyl sites for hydroxylation is 1. The van der Waals surface area contributed by atoms with Gasteiger partial charge in [0.25, 0.3) is 0 Å². The summed E-state index contributed by atoms with van der Waals surface area (Å²) in [6.45, 7) is 3.41. The van der Waals surface area contributed by atoms with E-state index >= 15 is 0 Å². The van der Waals surface area contributed by atoms with E-state index in [9.17, 15) is 18.0 Å². The summed E-state index contributed by atoms with van der Waals surface area (Å²) >= 11 is 0. The summed E-state index contributed by atoms with van der Waals surface area (Å²) in [7, 11) is 1.36. The molecule has 15 heavy (non-hydrogen) atoms. The number of aldehydes is 1. The van der Waals surface area contributed by atoms with Gasteiger partial charge in [0.2, 0.25) is 0 Å². The molecular formula is C9H9F3N2O. The topological polar surface area (TPSA) is 34.9 Å². The third kappa shape index (κ3) is 2.08. The highest BCUT2D eigenvalue weighted by Gasteiger charge is 2.38. The summed E-state index contributed by atoms with van der Waals surface area (Å²) in [5.74, 6) is 0. The Kier molecular flexibility index (Phi) is 2.97. The van der Waals surface area contributed by atoms with Crippen LogP contribution in [0.2, 0.25) is 0 Å². The Morgan fingerprint density at radius 1 is 1.53 bits per heavy atom. The number of allylic oxidation sites excluding steroid dienone is 1. The molecule has 6 heteroatoms. The number of halogens is 3. The van der Waals surface area contributed by atoms with Crippen LogP contribution in [0.4, 0.5) is 13.2 Å². The number of nitrogens with zero attached hydrogens (tertiary/aromatic N) is 2. The number of alkyl halides is 3. The molecule has 0 aromatic carbocycles. The maximum absolute atomic E-state index is 12.4. The molecule has 0 amide bonds. The van der Waals surface area contributed by atoms with E-state index in [1.807, 2.05) is 0 Å². The van der Waals surface area contributed by atoms with Crippen LogP contribution in [0.1, 0.15) is 21.7 Å². The minimum atomic E-state index is -4.60. The van der Waals surface area contributed by atoms with Crippen LogP contribution in [0.15, 0.2) is 12.7 Å². The van der Waals surface area contributed by atoms with Crippen LogP contribution in [0.3, 0.4) is 0 Å². The Balaban J connectivity index is 3.37. The van der Waals surface area contributed by atoms with Gasteiger partial charge < -0.3 is 0 Å². The lowest BCUT2D eigenvalue weighted by molar-refractivity contribution is -0.141. The third-order valence-electron chi connectivity index (χ3n) is 1.93. The summed E-state index contributed by atoms with van der Waals surface area (Å²) in [6.07, 6.45) is -2.83. The largest absolute Gasteiger partial charge is 0.435 e. The molecule has 0 atom stereocenters. The van der Waals surface area contributed by atoms with Crippen molar-refractivity contribution in [3.8, 4) is 0 Å². The number of carbonyl (C=O) groups excluding carboxylic acids is 1. The van der Waals surface area contributed by atoms with Gasteiger partial charge in [-0.25, -0.2) is 0 Å². The molecule has 0 saturated heterocycles. The maximum Gasteiger partial charge on any atom is 0.435 e. The van der Waals surface area contributed by atoms with Gasteiger partial charge in [-0.2, -0.15) is 18.3 Å². The Hall–Kier alpha value is -1.59. The molecule has 0 saturated carbocycles. The maximum atomic E-state index is 12.4. The zero-order valence-electron chi connectivity index (χ0n) is 8.01. The van der Waals surface area contributed by atoms with Crippen LogP contribution < -0.4 is 0 Å². The summed E-state index contributed by atoms with van der Waals surface area (Å²) < 4.78 is 38.3. The van der Waals surface area contributed by atoms with E-state index in [0.717, 1.165) is 4.68 Å². The molecule has 0 spiro atoms. The molecule has 0 aliphatic heterocycles. The van der Waals surface area contributed by atoms with Crippen LogP contribution >= 0.6 is 0 Å². The summed E-state index contributed by atoms with van der Waals surface area (Å²) in [4.78, 5) is 10.6. The summed E-state index contributed by atoms with van der Waals surface area (Å²) in [6, 6.07) is 0. The zero-order valence-corrected chi connectivity index (χ0v) is 8.01. The number of aromatic nitrogens is 2. The van der Waals surface area contributed by atoms with Crippen molar-refractivity contribution in [2.75, 3.05) is 0 Å². The summed E-state index contributed by atoms with van der Waals surface area (Å²) in [5, 5.41) is 3.28. The third-order valence-corrected chi connectivity index (χ3v) is 1.93. The number of hydrogen-bond donors (Lipinski definition) is 0. The normalized spacial score (nSPS) is 11.5. The van der Waals surface area contributed by atoms with Crippen molar-refractivity contribution in [3.05, 3.63) is 29.6 Å². The van der Waals surface area contributed by atoms with Gasteiger partial charge in [0.1, 0.15) is 0 Å². The van der Waals surface area contributed by atoms with Crippen LogP contribution in [-0.2, 0) is 19.6 Å². The quantitative estimate of drug-likeness (QED) is 0.574. The van der Waals surface area contributed by atoms with Gasteiger partial charge in [0.05, 0.1) is 11.3 Å². The van der Waals surface area contributed by atoms with Gasteiger partial charge in [-0.1, -0.05) is 6.08 Å². The van der Waals surface area contributed by atoms with E-state index in [4.69, 9.17) is 0 Å². The molecule has 0 N–H and O–H groups in total. The number of carbonyl (C=O) groups is 1. The first-order chi connectivity index (χ1) is 6.91. The van der Waals surface area contributed by atoms with E-state index in [0.29, 0.717) is 0 Å². The first-order valence-corrected chi connectivity index (χ1v) is 4.11. The number of rotatable bonds is 3. The van der Waals surface area contributed by atoms with Crippen molar-refractivity contribution < 1.29 is 18.0 Å². The highest BCUT2D eigenvalue weighted by molar-refractivity contribution is 5.78. The second-order valence-corrected chi connectivity index (χ2v) is 2.94. The van der Waals surface area contributed by atoms with Crippen molar-refractivity contribution in [2.45, 2.75) is 12.6 Å². The molecule has 0 fully saturated rings. The van der Waals surface area contributed by atoms with Crippen molar-refractivity contribution in [2.24, 2.45) is 7.05 Å². The van der Waals surface area contributed by atoms with E-state index in [-0.39, 0.29) is 18.4 Å². The monoisotopic (exact) mass is 218 g/mol. The predicted octanol–water partition coefficient (Wildman–Crippen LogP) is 1.98. The fourth-order valence-electron chi connectivity index (χ4n) is 1.29. The smallest absolute Gasteiger partial charge is 0.298 e. The average Bonchev–Trinajstić information content (AvgIpc) is 2.44. The molecule has 1 aromatic rings. The Morgan fingerprint density at radius 2 is 2.13 bits per heavy atom. The minimum Gasteiger partial charge on any atom is -0.298 e. The predicted molar refractivity (Wildman–Crippen MR) is 47.5 cm³/mol. The van der Waals surface area contributed by atoms with E-state index in [2.05, 4.69) is 11.7 Å². The molecule has 0 radical (unpaired) electrons. The van der Waals surface area contributed by atoms with Crippen LogP contribution in [0, 0.1) is 0 Å². The standard InChI is InChI=1S/C9H9F3N2O/c1-3-4-7-6(5-15)8(9(10,11)12)13-14(7)2/h3,5H,1,4H2,2H3. The van der Waals surface area contributed by atoms with E-state index in [1.54, 1.807) is 0 Å². The molecule has 0 aliphatic carbocycles. The van der Waals surface area contributed by atoms with Crippen molar-refractivity contribution in [1.29, 1.82) is 0 Å². The second-order valence-electron chi connectivity index (χ2n) is 2.94. The molecule has 0 bridgehead atoms. The molecule has 3 nitrogen and oxygen atoms in total. The highest BCUT2D eigenvalue weighted by Crippen LogP contribution is 2.31. The lowest BCUT2D eigenvalue weighted by Crippen LogP contribution is -2.09. The minimum absolute atomic E-state index is 0.174. The van der Waals surface area contributed by atoms with E-state index in [1.165, 1.54) is 13.1 Å². The lowest BCUT2D eigenvalue weighted by Gasteiger charge is -2.01. The van der Waals surface area contributed by atoms with Crippen LogP contribution in [0.5, 0.6) is 0 Å². The zero-order chi connectivity index (χ0) is 11.6. The summed E-state index contributed by atoms with van der Waals surface area (Å²) in [5.41, 5.74) is -1.34. The highest BCUT2D eigenvalue weighted by atomic mass is 19.4. The van der Waals surface area contributed by atoms with Gasteiger partial charge in [-0.3, -0.25) is 9.48 Å². The molecule has 0 aliphatic rings. The van der Waals surface area contributed by atoms with Gasteiger partial charge in [-0.15, -0.1) is 6.58 Å². The fraction of sp³-hybridized carbons (Fsp3) is 0.333. The molecular weight excluding hydrogens is 209 g/mol. The molecule has 0 unspecified atom stereocenters. The Labute approximate surface area is 84.2 Å². The van der Waals surface area contributed by atoms with Crippen molar-refractivity contribution in [3.63, 3.8) is 0 Å². The molecule has 1 heterocycles. The van der Waals surface area contributed by atoms with E-state index < -0.39 is 17.4 Å².